The van der Waals surface area contributed by atoms with Crippen LogP contribution in [0.15, 0.2) is 0 Å². The average molecular weight is 325 g/mol. The van der Waals surface area contributed by atoms with Crippen LogP contribution in [0.2, 0.25) is 0 Å². The summed E-state index contributed by atoms with van der Waals surface area (Å²) in [6, 6.07) is 0. The number of rotatable bonds is 2. The molecule has 1 saturated heterocycles. The molecule has 1 heterocycles. The topological polar surface area (TPSA) is 69.4 Å². The smallest absolute Gasteiger partial charge is 0.229 e. The van der Waals surface area contributed by atoms with Crippen LogP contribution in [0.3, 0.4) is 0 Å². The van der Waals surface area contributed by atoms with Gasteiger partial charge in [0.15, 0.2) is 0 Å². The molecule has 0 amide bonds. The number of nitrogens with two attached hydrogens (primary N) is 1. The van der Waals surface area contributed by atoms with Crippen molar-refractivity contribution in [3.63, 3.8) is 0 Å². The van der Waals surface area contributed by atoms with Crippen LogP contribution in [0.25, 0.3) is 0 Å². The van der Waals surface area contributed by atoms with E-state index in [4.69, 9.17) is 10.5 Å². The minimum atomic E-state index is -3.19. The van der Waals surface area contributed by atoms with Crippen LogP contribution in [-0.2, 0) is 13.8 Å². The van der Waals surface area contributed by atoms with E-state index in [1.807, 2.05) is 0 Å². The Hall–Kier alpha value is 0.640. The zero-order chi connectivity index (χ0) is 12.2. The highest BCUT2D eigenvalue weighted by molar-refractivity contribution is 9.09. The first kappa shape index (κ1) is 18.0. The molecule has 0 spiro atoms. The maximum Gasteiger partial charge on any atom is 0.229 e. The summed E-state index contributed by atoms with van der Waals surface area (Å²) in [7, 11) is 1.31. The van der Waals surface area contributed by atoms with Crippen LogP contribution < -0.4 is 5.73 Å². The van der Waals surface area contributed by atoms with Gasteiger partial charge in [0.1, 0.15) is 0 Å². The molecule has 0 saturated carbocycles. The van der Waals surface area contributed by atoms with Crippen LogP contribution >= 0.6 is 26.6 Å². The molecule has 2 N–H and O–H groups in total. The Morgan fingerprint density at radius 3 is 1.87 bits per heavy atom. The van der Waals surface area contributed by atoms with Crippen LogP contribution in [-0.4, -0.2) is 39.8 Å². The molecule has 0 unspecified atom stereocenters. The minimum absolute atomic E-state index is 0.797. The van der Waals surface area contributed by atoms with Crippen LogP contribution in [0.4, 0.5) is 0 Å². The lowest BCUT2D eigenvalue weighted by Crippen LogP contribution is -1.97. The summed E-state index contributed by atoms with van der Waals surface area (Å²) in [6.45, 7) is 2.80. The summed E-state index contributed by atoms with van der Waals surface area (Å²) in [5.41, 5.74) is 5.11. The van der Waals surface area contributed by atoms with E-state index >= 15 is 0 Å². The Balaban J connectivity index is 0. The molecule has 1 rings (SSSR count). The molecule has 0 bridgehead atoms. The Bertz CT molecular complexity index is 190. The summed E-state index contributed by atoms with van der Waals surface area (Å²) >= 11 is 3.23. The van der Waals surface area contributed by atoms with Gasteiger partial charge in [0.25, 0.3) is 0 Å². The van der Waals surface area contributed by atoms with Gasteiger partial charge < -0.3 is 10.5 Å². The van der Waals surface area contributed by atoms with Crippen molar-refractivity contribution < 1.29 is 13.2 Å². The second-order valence-corrected chi connectivity index (χ2v) is 6.67. The van der Waals surface area contributed by atoms with Gasteiger partial charge in [-0.25, -0.2) is 8.42 Å². The number of hydrogen-bond acceptors (Lipinski definition) is 4. The molecule has 94 valence electrons. The Morgan fingerprint density at radius 1 is 1.40 bits per heavy atom. The first-order chi connectivity index (χ1) is 6.91. The molecular formula is C8H19BrClNO3S. The SMILES string of the molecule is C1CCOC1.CS(=O)(=O)Cl.NCCCBr. The van der Waals surface area contributed by atoms with E-state index in [0.717, 1.165) is 37.8 Å². The molecule has 1 aliphatic rings. The first-order valence-electron chi connectivity index (χ1n) is 4.65. The largest absolute Gasteiger partial charge is 0.381 e. The molecule has 0 aromatic rings. The van der Waals surface area contributed by atoms with Crippen LogP contribution in [0, 0.1) is 0 Å². The van der Waals surface area contributed by atoms with E-state index in [1.54, 1.807) is 0 Å². The van der Waals surface area contributed by atoms with E-state index in [9.17, 15) is 8.42 Å². The number of alkyl halides is 1. The first-order valence-corrected chi connectivity index (χ1v) is 8.49. The standard InChI is InChI=1S/C4H8O.C3H8BrN.CH3ClO2S/c1-2-4-5-3-1;4-2-1-3-5;1-5(2,3)4/h1-4H2;1-3,5H2;1H3. The summed E-state index contributed by atoms with van der Waals surface area (Å²) in [6.07, 6.45) is 4.56. The van der Waals surface area contributed by atoms with E-state index < -0.39 is 9.05 Å². The Labute approximate surface area is 105 Å². The third-order valence-corrected chi connectivity index (χ3v) is 1.73. The molecule has 0 aliphatic carbocycles. The Kier molecular flexibility index (Phi) is 15.3. The van der Waals surface area contributed by atoms with Crippen molar-refractivity contribution in [1.29, 1.82) is 0 Å². The summed E-state index contributed by atoms with van der Waals surface area (Å²) in [5.74, 6) is 0. The van der Waals surface area contributed by atoms with E-state index in [-0.39, 0.29) is 0 Å². The monoisotopic (exact) mass is 323 g/mol. The maximum absolute atomic E-state index is 9.40. The highest BCUT2D eigenvalue weighted by Crippen LogP contribution is 1.98. The number of hydrogen-bond donors (Lipinski definition) is 1. The quantitative estimate of drug-likeness (QED) is 0.620. The molecular weight excluding hydrogens is 306 g/mol. The van der Waals surface area contributed by atoms with Gasteiger partial charge in [-0.15, -0.1) is 0 Å². The number of ether oxygens (including phenoxy) is 1. The van der Waals surface area contributed by atoms with Gasteiger partial charge >= 0.3 is 0 Å². The van der Waals surface area contributed by atoms with E-state index in [1.165, 1.54) is 12.8 Å². The summed E-state index contributed by atoms with van der Waals surface area (Å²) in [4.78, 5) is 0. The maximum atomic E-state index is 9.40. The lowest BCUT2D eigenvalue weighted by atomic mass is 10.4. The third kappa shape index (κ3) is 40.1. The van der Waals surface area contributed by atoms with Gasteiger partial charge in [-0.1, -0.05) is 15.9 Å². The van der Waals surface area contributed by atoms with Gasteiger partial charge in [-0.3, -0.25) is 0 Å². The molecule has 1 aliphatic heterocycles. The van der Waals surface area contributed by atoms with Crippen molar-refractivity contribution in [2.75, 3.05) is 31.3 Å². The minimum Gasteiger partial charge on any atom is -0.381 e. The van der Waals surface area contributed by atoms with Crippen molar-refractivity contribution in [2.45, 2.75) is 19.3 Å². The molecule has 0 aromatic carbocycles. The fourth-order valence-corrected chi connectivity index (χ4v) is 0.911. The van der Waals surface area contributed by atoms with Crippen molar-refractivity contribution in [3.8, 4) is 0 Å². The predicted octanol–water partition coefficient (Wildman–Crippen LogP) is 1.71. The van der Waals surface area contributed by atoms with Crippen molar-refractivity contribution in [2.24, 2.45) is 5.73 Å². The second kappa shape index (κ2) is 12.7. The van der Waals surface area contributed by atoms with Gasteiger partial charge in [0, 0.05) is 29.2 Å². The molecule has 7 heteroatoms. The normalized spacial score (nSPS) is 14.7. The van der Waals surface area contributed by atoms with Crippen molar-refractivity contribution >= 4 is 35.7 Å². The highest BCUT2D eigenvalue weighted by Gasteiger charge is 1.94. The molecule has 1 fully saturated rings. The third-order valence-electron chi connectivity index (χ3n) is 1.17. The lowest BCUT2D eigenvalue weighted by Gasteiger charge is -1.78. The molecule has 4 nitrogen and oxygen atoms in total. The predicted molar refractivity (Wildman–Crippen MR) is 68.2 cm³/mol. The molecule has 0 aromatic heterocycles. The highest BCUT2D eigenvalue weighted by atomic mass is 79.9. The van der Waals surface area contributed by atoms with Crippen molar-refractivity contribution in [1.82, 2.24) is 0 Å². The zero-order valence-corrected chi connectivity index (χ0v) is 12.1. The van der Waals surface area contributed by atoms with E-state index in [2.05, 4.69) is 26.6 Å². The summed E-state index contributed by atoms with van der Waals surface area (Å²) < 4.78 is 23.7. The number of halogens is 2. The van der Waals surface area contributed by atoms with Crippen LogP contribution in [0.1, 0.15) is 19.3 Å². The van der Waals surface area contributed by atoms with Gasteiger partial charge in [0.05, 0.1) is 6.26 Å². The fraction of sp³-hybridized carbons (Fsp3) is 1.00. The zero-order valence-electron chi connectivity index (χ0n) is 8.92. The summed E-state index contributed by atoms with van der Waals surface area (Å²) in [5, 5.41) is 1.03. The molecule has 0 radical (unpaired) electrons. The molecule has 15 heavy (non-hydrogen) atoms. The van der Waals surface area contributed by atoms with Gasteiger partial charge in [0.2, 0.25) is 9.05 Å². The molecule has 0 atom stereocenters. The second-order valence-electron chi connectivity index (χ2n) is 2.83. The van der Waals surface area contributed by atoms with E-state index in [0.29, 0.717) is 0 Å². The van der Waals surface area contributed by atoms with Gasteiger partial charge in [-0.05, 0) is 25.8 Å². The average Bonchev–Trinajstić information content (AvgIpc) is 2.58. The van der Waals surface area contributed by atoms with Crippen molar-refractivity contribution in [3.05, 3.63) is 0 Å². The Morgan fingerprint density at radius 2 is 1.80 bits per heavy atom. The lowest BCUT2D eigenvalue weighted by molar-refractivity contribution is 0.198. The fourth-order valence-electron chi connectivity index (χ4n) is 0.587. The van der Waals surface area contributed by atoms with Crippen LogP contribution in [0.5, 0.6) is 0 Å². The van der Waals surface area contributed by atoms with Gasteiger partial charge in [-0.2, -0.15) is 0 Å².